The molecule has 0 N–H and O–H groups in total. The lowest BCUT2D eigenvalue weighted by atomic mass is 10.1. The minimum atomic E-state index is -0.317. The van der Waals surface area contributed by atoms with Crippen molar-refractivity contribution in [1.29, 1.82) is 0 Å². The van der Waals surface area contributed by atoms with Gasteiger partial charge in [-0.25, -0.2) is 4.79 Å². The molecule has 1 heterocycles. The summed E-state index contributed by atoms with van der Waals surface area (Å²) in [7, 11) is 0. The van der Waals surface area contributed by atoms with Crippen LogP contribution in [0.4, 0.5) is 0 Å². The van der Waals surface area contributed by atoms with Gasteiger partial charge in [0, 0.05) is 31.1 Å². The van der Waals surface area contributed by atoms with Crippen LogP contribution in [0.1, 0.15) is 25.8 Å². The summed E-state index contributed by atoms with van der Waals surface area (Å²) in [6.45, 7) is 5.11. The predicted octanol–water partition coefficient (Wildman–Crippen LogP) is 3.12. The maximum Gasteiger partial charge on any atom is 0.336 e. The fourth-order valence-corrected chi connectivity index (χ4v) is 2.25. The minimum Gasteiger partial charge on any atom is -0.423 e. The normalized spacial score (nSPS) is 11.3. The molecule has 0 bridgehead atoms. The summed E-state index contributed by atoms with van der Waals surface area (Å²) in [4.78, 5) is 11.6. The van der Waals surface area contributed by atoms with E-state index >= 15 is 0 Å². The number of fused-ring (bicyclic) bond motifs is 1. The maximum atomic E-state index is 11.6. The molecule has 2 aromatic rings. The molecule has 0 atom stereocenters. The molecular weight excluding hydrogens is 256 g/mol. The molecule has 4 heteroatoms. The Kier molecular flexibility index (Phi) is 5.32. The van der Waals surface area contributed by atoms with Gasteiger partial charge in [0.2, 0.25) is 0 Å². The van der Waals surface area contributed by atoms with Crippen molar-refractivity contribution in [3.63, 3.8) is 0 Å². The van der Waals surface area contributed by atoms with Crippen LogP contribution in [0.25, 0.3) is 11.0 Å². The third-order valence-electron chi connectivity index (χ3n) is 3.09. The smallest absolute Gasteiger partial charge is 0.336 e. The highest BCUT2D eigenvalue weighted by molar-refractivity contribution is 5.79. The Bertz CT molecular complexity index is 597. The highest BCUT2D eigenvalue weighted by Gasteiger charge is 2.11. The maximum absolute atomic E-state index is 11.6. The Morgan fingerprint density at radius 1 is 1.15 bits per heavy atom. The van der Waals surface area contributed by atoms with Crippen molar-refractivity contribution in [2.24, 2.45) is 0 Å². The first-order chi connectivity index (χ1) is 9.74. The van der Waals surface area contributed by atoms with E-state index in [2.05, 4.69) is 0 Å². The Morgan fingerprint density at radius 2 is 1.85 bits per heavy atom. The Morgan fingerprint density at radius 3 is 2.55 bits per heavy atom. The molecule has 1 aromatic heterocycles. The van der Waals surface area contributed by atoms with Gasteiger partial charge in [-0.1, -0.05) is 18.2 Å². The molecule has 108 valence electrons. The number of hydrogen-bond acceptors (Lipinski definition) is 4. The van der Waals surface area contributed by atoms with E-state index in [1.54, 1.807) is 6.07 Å². The standard InChI is InChI=1S/C16H20O4/c1-3-18-16(19-4-2)10-9-12-11-15(17)20-14-8-6-5-7-13(12)14/h5-8,11,16H,3-4,9-10H2,1-2H3. The highest BCUT2D eigenvalue weighted by atomic mass is 16.7. The number of ether oxygens (including phenoxy) is 2. The van der Waals surface area contributed by atoms with Crippen molar-refractivity contribution in [1.82, 2.24) is 0 Å². The number of benzene rings is 1. The van der Waals surface area contributed by atoms with Crippen LogP contribution >= 0.6 is 0 Å². The Balaban J connectivity index is 2.18. The van der Waals surface area contributed by atoms with Gasteiger partial charge in [0.1, 0.15) is 5.58 Å². The van der Waals surface area contributed by atoms with Crippen LogP contribution in [0.2, 0.25) is 0 Å². The fraction of sp³-hybridized carbons (Fsp3) is 0.438. The first kappa shape index (κ1) is 14.8. The second-order valence-electron chi connectivity index (χ2n) is 4.47. The fourth-order valence-electron chi connectivity index (χ4n) is 2.25. The molecule has 0 saturated carbocycles. The Hall–Kier alpha value is -1.65. The first-order valence-electron chi connectivity index (χ1n) is 6.99. The summed E-state index contributed by atoms with van der Waals surface area (Å²) in [5, 5.41) is 0.971. The topological polar surface area (TPSA) is 48.7 Å². The van der Waals surface area contributed by atoms with E-state index < -0.39 is 0 Å². The van der Waals surface area contributed by atoms with Crippen molar-refractivity contribution >= 4 is 11.0 Å². The monoisotopic (exact) mass is 276 g/mol. The summed E-state index contributed by atoms with van der Waals surface area (Å²) in [6, 6.07) is 9.12. The van der Waals surface area contributed by atoms with Gasteiger partial charge in [-0.15, -0.1) is 0 Å². The zero-order valence-electron chi connectivity index (χ0n) is 11.9. The van der Waals surface area contributed by atoms with Crippen molar-refractivity contribution in [3.05, 3.63) is 46.3 Å². The van der Waals surface area contributed by atoms with E-state index in [1.165, 1.54) is 0 Å². The van der Waals surface area contributed by atoms with E-state index in [1.807, 2.05) is 38.1 Å². The molecule has 0 saturated heterocycles. The van der Waals surface area contributed by atoms with Crippen LogP contribution in [-0.4, -0.2) is 19.5 Å². The number of hydrogen-bond donors (Lipinski definition) is 0. The average molecular weight is 276 g/mol. The van der Waals surface area contributed by atoms with E-state index in [-0.39, 0.29) is 11.9 Å². The van der Waals surface area contributed by atoms with Gasteiger partial charge >= 0.3 is 5.63 Å². The van der Waals surface area contributed by atoms with Gasteiger partial charge in [-0.2, -0.15) is 0 Å². The van der Waals surface area contributed by atoms with Crippen LogP contribution in [0.5, 0.6) is 0 Å². The largest absolute Gasteiger partial charge is 0.423 e. The summed E-state index contributed by atoms with van der Waals surface area (Å²) in [6.07, 6.45) is 1.21. The van der Waals surface area contributed by atoms with E-state index in [0.29, 0.717) is 18.8 Å². The SMILES string of the molecule is CCOC(CCc1cc(=O)oc2ccccc12)OCC. The number of rotatable bonds is 7. The quantitative estimate of drug-likeness (QED) is 0.576. The lowest BCUT2D eigenvalue weighted by molar-refractivity contribution is -0.139. The molecule has 0 fully saturated rings. The molecule has 0 spiro atoms. The van der Waals surface area contributed by atoms with Gasteiger partial charge < -0.3 is 13.9 Å². The van der Waals surface area contributed by atoms with Crippen LogP contribution in [-0.2, 0) is 15.9 Å². The second-order valence-corrected chi connectivity index (χ2v) is 4.47. The van der Waals surface area contributed by atoms with E-state index in [9.17, 15) is 4.79 Å². The van der Waals surface area contributed by atoms with Crippen LogP contribution in [0, 0.1) is 0 Å². The lowest BCUT2D eigenvalue weighted by Crippen LogP contribution is -2.18. The van der Waals surface area contributed by atoms with Crippen molar-refractivity contribution < 1.29 is 13.9 Å². The summed E-state index contributed by atoms with van der Waals surface area (Å²) < 4.78 is 16.2. The summed E-state index contributed by atoms with van der Waals surface area (Å²) >= 11 is 0. The third-order valence-corrected chi connectivity index (χ3v) is 3.09. The summed E-state index contributed by atoms with van der Waals surface area (Å²) in [5.41, 5.74) is 1.28. The number of para-hydroxylation sites is 1. The summed E-state index contributed by atoms with van der Waals surface area (Å²) in [5.74, 6) is 0. The lowest BCUT2D eigenvalue weighted by Gasteiger charge is -2.17. The molecule has 0 radical (unpaired) electrons. The van der Waals surface area contributed by atoms with Gasteiger partial charge in [0.05, 0.1) is 0 Å². The molecule has 0 aliphatic heterocycles. The molecule has 4 nitrogen and oxygen atoms in total. The molecule has 0 aliphatic carbocycles. The van der Waals surface area contributed by atoms with E-state index in [4.69, 9.17) is 13.9 Å². The van der Waals surface area contributed by atoms with Crippen molar-refractivity contribution in [3.8, 4) is 0 Å². The molecule has 2 rings (SSSR count). The predicted molar refractivity (Wildman–Crippen MR) is 77.8 cm³/mol. The molecule has 0 aliphatic rings. The minimum absolute atomic E-state index is 0.226. The Labute approximate surface area is 118 Å². The van der Waals surface area contributed by atoms with Crippen LogP contribution < -0.4 is 5.63 Å². The third kappa shape index (κ3) is 3.68. The van der Waals surface area contributed by atoms with Crippen LogP contribution in [0.3, 0.4) is 0 Å². The zero-order valence-corrected chi connectivity index (χ0v) is 11.9. The zero-order chi connectivity index (χ0) is 14.4. The van der Waals surface area contributed by atoms with Gasteiger partial charge in [-0.05, 0) is 31.9 Å². The number of aryl methyl sites for hydroxylation is 1. The molecule has 0 unspecified atom stereocenters. The van der Waals surface area contributed by atoms with E-state index in [0.717, 1.165) is 23.8 Å². The molecule has 1 aromatic carbocycles. The molecule has 0 amide bonds. The van der Waals surface area contributed by atoms with Gasteiger partial charge in [0.25, 0.3) is 0 Å². The molecule has 20 heavy (non-hydrogen) atoms. The van der Waals surface area contributed by atoms with Gasteiger partial charge in [-0.3, -0.25) is 0 Å². The van der Waals surface area contributed by atoms with Gasteiger partial charge in [0.15, 0.2) is 6.29 Å². The highest BCUT2D eigenvalue weighted by Crippen LogP contribution is 2.19. The average Bonchev–Trinajstić information content (AvgIpc) is 2.44. The van der Waals surface area contributed by atoms with Crippen LogP contribution in [0.15, 0.2) is 39.5 Å². The first-order valence-corrected chi connectivity index (χ1v) is 6.99. The van der Waals surface area contributed by atoms with Crippen molar-refractivity contribution in [2.45, 2.75) is 33.0 Å². The second kappa shape index (κ2) is 7.22. The van der Waals surface area contributed by atoms with Crippen molar-refractivity contribution in [2.75, 3.05) is 13.2 Å². The molecular formula is C16H20O4.